The van der Waals surface area contributed by atoms with Crippen LogP contribution in [0.3, 0.4) is 0 Å². The Hall–Kier alpha value is -3.31. The zero-order valence-electron chi connectivity index (χ0n) is 18.2. The van der Waals surface area contributed by atoms with Crippen LogP contribution in [0.4, 0.5) is 17.5 Å². The number of hydrogen-bond donors (Lipinski definition) is 2. The number of hydrogen-bond acceptors (Lipinski definition) is 10. The zero-order chi connectivity index (χ0) is 21.8. The molecular weight excluding hydrogens is 398 g/mol. The highest BCUT2D eigenvalue weighted by atomic mass is 16.5. The second kappa shape index (κ2) is 9.23. The minimum Gasteiger partial charge on any atom is -0.479 e. The van der Waals surface area contributed by atoms with Gasteiger partial charge >= 0.3 is 0 Å². The maximum Gasteiger partial charge on any atom is 0.239 e. The lowest BCUT2D eigenvalue weighted by molar-refractivity contribution is -0.0248. The van der Waals surface area contributed by atoms with Crippen molar-refractivity contribution in [1.29, 1.82) is 0 Å². The van der Waals surface area contributed by atoms with Crippen molar-refractivity contribution in [2.75, 3.05) is 51.6 Å². The topological polar surface area (TPSA) is 115 Å². The maximum atomic E-state index is 5.41. The van der Waals surface area contributed by atoms with Crippen molar-refractivity contribution in [3.8, 4) is 11.6 Å². The molecule has 0 spiro atoms. The normalized spacial score (nSPS) is 13.8. The van der Waals surface area contributed by atoms with Crippen molar-refractivity contribution in [2.45, 2.75) is 13.5 Å². The van der Waals surface area contributed by atoms with E-state index in [4.69, 9.17) is 9.47 Å². The van der Waals surface area contributed by atoms with Crippen LogP contribution in [0.2, 0.25) is 0 Å². The monoisotopic (exact) mass is 425 g/mol. The molecule has 0 aliphatic carbocycles. The molecule has 4 rings (SSSR count). The second-order valence-electron chi connectivity index (χ2n) is 7.77. The molecule has 1 aliphatic rings. The Morgan fingerprint density at radius 2 is 2.10 bits per heavy atom. The van der Waals surface area contributed by atoms with Crippen molar-refractivity contribution in [3.63, 3.8) is 0 Å². The molecule has 0 radical (unpaired) electrons. The summed E-state index contributed by atoms with van der Waals surface area (Å²) in [7, 11) is 5.54. The summed E-state index contributed by atoms with van der Waals surface area (Å²) in [5.74, 6) is 2.23. The fraction of sp³-hybridized carbons (Fsp3) is 0.450. The maximum absolute atomic E-state index is 5.41. The first kappa shape index (κ1) is 20.9. The molecular formula is C20H27N9O2. The molecule has 0 saturated carbocycles. The Morgan fingerprint density at radius 1 is 1.26 bits per heavy atom. The van der Waals surface area contributed by atoms with Crippen LogP contribution in [-0.4, -0.2) is 75.8 Å². The van der Waals surface area contributed by atoms with Gasteiger partial charge in [0.2, 0.25) is 11.8 Å². The van der Waals surface area contributed by atoms with E-state index in [-0.39, 0.29) is 0 Å². The molecule has 11 nitrogen and oxygen atoms in total. The quantitative estimate of drug-likeness (QED) is 0.524. The molecule has 2 N–H and O–H groups in total. The number of pyridine rings is 1. The molecule has 31 heavy (non-hydrogen) atoms. The summed E-state index contributed by atoms with van der Waals surface area (Å²) in [6.45, 7) is 5.03. The van der Waals surface area contributed by atoms with Gasteiger partial charge in [-0.05, 0) is 27.1 Å². The summed E-state index contributed by atoms with van der Waals surface area (Å²) >= 11 is 0. The number of anilines is 3. The molecule has 164 valence electrons. The minimum atomic E-state index is 0.446. The molecule has 0 amide bonds. The molecule has 3 aromatic heterocycles. The molecule has 4 heterocycles. The van der Waals surface area contributed by atoms with E-state index in [1.165, 1.54) is 0 Å². The van der Waals surface area contributed by atoms with Gasteiger partial charge in [-0.25, -0.2) is 14.6 Å². The van der Waals surface area contributed by atoms with Crippen LogP contribution in [0.5, 0.6) is 5.88 Å². The van der Waals surface area contributed by atoms with E-state index in [2.05, 4.69) is 35.9 Å². The van der Waals surface area contributed by atoms with E-state index in [0.29, 0.717) is 35.7 Å². The molecule has 1 aliphatic heterocycles. The SMILES string of the molecule is COc1ncc(Nc2nc(C)cc(NCC3COC3)n2)cc1-n1cc(CN(C)C)nn1. The third-order valence-electron chi connectivity index (χ3n) is 4.68. The molecule has 0 bridgehead atoms. The van der Waals surface area contributed by atoms with Crippen LogP contribution in [0.15, 0.2) is 24.5 Å². The van der Waals surface area contributed by atoms with Crippen LogP contribution >= 0.6 is 0 Å². The van der Waals surface area contributed by atoms with Crippen molar-refractivity contribution in [3.05, 3.63) is 35.9 Å². The van der Waals surface area contributed by atoms with Gasteiger partial charge in [0.15, 0.2) is 0 Å². The summed E-state index contributed by atoms with van der Waals surface area (Å²) in [6.07, 6.45) is 3.53. The molecule has 11 heteroatoms. The zero-order valence-corrected chi connectivity index (χ0v) is 18.2. The van der Waals surface area contributed by atoms with Crippen LogP contribution < -0.4 is 15.4 Å². The number of nitrogens with zero attached hydrogens (tertiary/aromatic N) is 7. The lowest BCUT2D eigenvalue weighted by Gasteiger charge is -2.26. The predicted octanol–water partition coefficient (Wildman–Crippen LogP) is 1.63. The van der Waals surface area contributed by atoms with E-state index >= 15 is 0 Å². The summed E-state index contributed by atoms with van der Waals surface area (Å²) in [5.41, 5.74) is 3.08. The summed E-state index contributed by atoms with van der Waals surface area (Å²) in [5, 5.41) is 15.0. The molecule has 0 atom stereocenters. The van der Waals surface area contributed by atoms with E-state index in [9.17, 15) is 0 Å². The smallest absolute Gasteiger partial charge is 0.239 e. The Bertz CT molecular complexity index is 1030. The number of methoxy groups -OCH3 is 1. The molecule has 1 saturated heterocycles. The second-order valence-corrected chi connectivity index (χ2v) is 7.77. The first-order valence-corrected chi connectivity index (χ1v) is 10.0. The molecule has 0 aromatic carbocycles. The summed E-state index contributed by atoms with van der Waals surface area (Å²) < 4.78 is 12.3. The van der Waals surface area contributed by atoms with Gasteiger partial charge in [-0.1, -0.05) is 5.21 Å². The van der Waals surface area contributed by atoms with E-state index in [1.807, 2.05) is 44.2 Å². The predicted molar refractivity (Wildman–Crippen MR) is 116 cm³/mol. The van der Waals surface area contributed by atoms with Crippen molar-refractivity contribution in [2.24, 2.45) is 5.92 Å². The highest BCUT2D eigenvalue weighted by Gasteiger charge is 2.18. The van der Waals surface area contributed by atoms with Crippen LogP contribution in [-0.2, 0) is 11.3 Å². The largest absolute Gasteiger partial charge is 0.479 e. The van der Waals surface area contributed by atoms with Crippen molar-refractivity contribution < 1.29 is 9.47 Å². The number of nitrogens with one attached hydrogen (secondary N) is 2. The fourth-order valence-corrected chi connectivity index (χ4v) is 3.14. The number of rotatable bonds is 9. The first-order valence-electron chi connectivity index (χ1n) is 10.0. The molecule has 3 aromatic rings. The van der Waals surface area contributed by atoms with Crippen molar-refractivity contribution in [1.82, 2.24) is 34.8 Å². The van der Waals surface area contributed by atoms with Crippen LogP contribution in [0, 0.1) is 12.8 Å². The average Bonchev–Trinajstić information content (AvgIpc) is 3.14. The van der Waals surface area contributed by atoms with Crippen LogP contribution in [0.1, 0.15) is 11.4 Å². The van der Waals surface area contributed by atoms with Gasteiger partial charge in [-0.15, -0.1) is 5.10 Å². The number of aromatic nitrogens is 6. The van der Waals surface area contributed by atoms with Gasteiger partial charge < -0.3 is 25.0 Å². The first-order chi connectivity index (χ1) is 15.0. The van der Waals surface area contributed by atoms with Gasteiger partial charge in [-0.2, -0.15) is 4.98 Å². The van der Waals surface area contributed by atoms with Gasteiger partial charge in [0.05, 0.1) is 44.1 Å². The van der Waals surface area contributed by atoms with Gasteiger partial charge in [0.25, 0.3) is 0 Å². The lowest BCUT2D eigenvalue weighted by Crippen LogP contribution is -2.33. The molecule has 1 fully saturated rings. The third kappa shape index (κ3) is 5.25. The highest BCUT2D eigenvalue weighted by molar-refractivity contribution is 5.60. The average molecular weight is 425 g/mol. The Balaban J connectivity index is 1.54. The summed E-state index contributed by atoms with van der Waals surface area (Å²) in [6, 6.07) is 3.80. The Kier molecular flexibility index (Phi) is 6.23. The van der Waals surface area contributed by atoms with E-state index < -0.39 is 0 Å². The Labute approximate surface area is 180 Å². The molecule has 0 unspecified atom stereocenters. The summed E-state index contributed by atoms with van der Waals surface area (Å²) in [4.78, 5) is 15.5. The minimum absolute atomic E-state index is 0.446. The van der Waals surface area contributed by atoms with Gasteiger partial charge in [0, 0.05) is 30.8 Å². The third-order valence-corrected chi connectivity index (χ3v) is 4.68. The Morgan fingerprint density at radius 3 is 2.81 bits per heavy atom. The lowest BCUT2D eigenvalue weighted by atomic mass is 10.1. The standard InChI is InChI=1S/C20H27N9O2/c1-13-5-18(21-7-14-11-31-12-14)25-20(23-13)24-15-6-17(19(30-4)22-8-15)29-10-16(26-27-29)9-28(2)3/h5-6,8,10,14H,7,9,11-12H2,1-4H3,(H2,21,23,24,25). The van der Waals surface area contributed by atoms with Gasteiger partial charge in [0.1, 0.15) is 11.5 Å². The van der Waals surface area contributed by atoms with Crippen molar-refractivity contribution >= 4 is 17.5 Å². The van der Waals surface area contributed by atoms with Crippen LogP contribution in [0.25, 0.3) is 5.69 Å². The van der Waals surface area contributed by atoms with E-state index in [0.717, 1.165) is 37.0 Å². The van der Waals surface area contributed by atoms with E-state index in [1.54, 1.807) is 18.0 Å². The van der Waals surface area contributed by atoms with Gasteiger partial charge in [-0.3, -0.25) is 0 Å². The fourth-order valence-electron chi connectivity index (χ4n) is 3.14. The highest BCUT2D eigenvalue weighted by Crippen LogP contribution is 2.25. The number of ether oxygens (including phenoxy) is 2. The number of aryl methyl sites for hydroxylation is 1.